The van der Waals surface area contributed by atoms with Gasteiger partial charge in [0.1, 0.15) is 5.82 Å². The summed E-state index contributed by atoms with van der Waals surface area (Å²) in [5.74, 6) is 0.366. The van der Waals surface area contributed by atoms with Crippen LogP contribution < -0.4 is 5.32 Å². The van der Waals surface area contributed by atoms with Crippen LogP contribution in [0.5, 0.6) is 0 Å². The van der Waals surface area contributed by atoms with Crippen LogP contribution in [-0.4, -0.2) is 18.1 Å². The van der Waals surface area contributed by atoms with Crippen LogP contribution in [0.2, 0.25) is 0 Å². The van der Waals surface area contributed by atoms with E-state index in [1.54, 1.807) is 6.07 Å². The van der Waals surface area contributed by atoms with Crippen molar-refractivity contribution in [3.05, 3.63) is 35.8 Å². The Balaban J connectivity index is 2.15. The number of H-pyrrole nitrogens is 1. The first-order chi connectivity index (χ1) is 7.36. The molecule has 0 spiro atoms. The number of nitrogens with one attached hydrogen (secondary N) is 2. The van der Waals surface area contributed by atoms with Crippen LogP contribution in [0, 0.1) is 5.82 Å². The van der Waals surface area contributed by atoms with Crippen LogP contribution in [-0.2, 0) is 0 Å². The minimum Gasteiger partial charge on any atom is -0.359 e. The van der Waals surface area contributed by atoms with E-state index in [1.165, 1.54) is 11.6 Å². The third-order valence-electron chi connectivity index (χ3n) is 3.20. The van der Waals surface area contributed by atoms with Crippen LogP contribution in [0.1, 0.15) is 17.9 Å². The Morgan fingerprint density at radius 3 is 3.07 bits per heavy atom. The van der Waals surface area contributed by atoms with Crippen LogP contribution >= 0.6 is 0 Å². The summed E-state index contributed by atoms with van der Waals surface area (Å²) in [7, 11) is 0. The Hall–Kier alpha value is -1.35. The number of aromatic nitrogens is 1. The summed E-state index contributed by atoms with van der Waals surface area (Å²) in [6.07, 6.45) is 3.09. The predicted octanol–water partition coefficient (Wildman–Crippen LogP) is 2.38. The molecule has 1 aliphatic rings. The van der Waals surface area contributed by atoms with Crippen LogP contribution in [0.15, 0.2) is 24.4 Å². The van der Waals surface area contributed by atoms with E-state index in [2.05, 4.69) is 10.3 Å². The molecule has 0 aliphatic carbocycles. The molecular weight excluding hydrogens is 191 g/mol. The van der Waals surface area contributed by atoms with Gasteiger partial charge in [0.25, 0.3) is 0 Å². The van der Waals surface area contributed by atoms with Gasteiger partial charge in [-0.05, 0) is 30.5 Å². The lowest BCUT2D eigenvalue weighted by atomic mass is 9.98. The molecular formula is C12H13FN2. The van der Waals surface area contributed by atoms with Crippen molar-refractivity contribution < 1.29 is 4.39 Å². The quantitative estimate of drug-likeness (QED) is 0.733. The van der Waals surface area contributed by atoms with Gasteiger partial charge in [-0.1, -0.05) is 12.1 Å². The van der Waals surface area contributed by atoms with Crippen molar-refractivity contribution in [2.45, 2.75) is 12.3 Å². The van der Waals surface area contributed by atoms with Gasteiger partial charge in [0, 0.05) is 18.1 Å². The number of rotatable bonds is 1. The Labute approximate surface area is 87.5 Å². The van der Waals surface area contributed by atoms with Gasteiger partial charge in [0.15, 0.2) is 0 Å². The Kier molecular flexibility index (Phi) is 1.99. The lowest BCUT2D eigenvalue weighted by Crippen LogP contribution is -2.07. The minimum absolute atomic E-state index is 0.162. The Morgan fingerprint density at radius 1 is 1.33 bits per heavy atom. The van der Waals surface area contributed by atoms with Gasteiger partial charge in [-0.3, -0.25) is 0 Å². The molecule has 3 heteroatoms. The Bertz CT molecular complexity index is 483. The highest BCUT2D eigenvalue weighted by Gasteiger charge is 2.20. The first-order valence-electron chi connectivity index (χ1n) is 5.32. The van der Waals surface area contributed by atoms with Crippen LogP contribution in [0.4, 0.5) is 4.39 Å². The molecule has 0 bridgehead atoms. The maximum Gasteiger partial charge on any atom is 0.147 e. The summed E-state index contributed by atoms with van der Waals surface area (Å²) >= 11 is 0. The van der Waals surface area contributed by atoms with Gasteiger partial charge in [0.2, 0.25) is 0 Å². The summed E-state index contributed by atoms with van der Waals surface area (Å²) < 4.78 is 13.4. The second-order valence-electron chi connectivity index (χ2n) is 4.10. The molecule has 1 unspecified atom stereocenters. The number of hydrogen-bond acceptors (Lipinski definition) is 1. The van der Waals surface area contributed by atoms with Gasteiger partial charge < -0.3 is 10.3 Å². The van der Waals surface area contributed by atoms with Gasteiger partial charge in [-0.25, -0.2) is 4.39 Å². The molecule has 2 heterocycles. The molecule has 2 nitrogen and oxygen atoms in total. The number of halogens is 1. The molecule has 2 N–H and O–H groups in total. The molecule has 0 saturated carbocycles. The topological polar surface area (TPSA) is 27.8 Å². The van der Waals surface area contributed by atoms with E-state index in [-0.39, 0.29) is 5.82 Å². The van der Waals surface area contributed by atoms with Gasteiger partial charge in [0.05, 0.1) is 5.52 Å². The fourth-order valence-corrected chi connectivity index (χ4v) is 2.40. The van der Waals surface area contributed by atoms with Crippen molar-refractivity contribution in [1.82, 2.24) is 10.3 Å². The molecule has 0 amide bonds. The molecule has 1 atom stereocenters. The summed E-state index contributed by atoms with van der Waals surface area (Å²) in [4.78, 5) is 3.03. The Morgan fingerprint density at radius 2 is 2.27 bits per heavy atom. The monoisotopic (exact) mass is 204 g/mol. The van der Waals surface area contributed by atoms with Gasteiger partial charge >= 0.3 is 0 Å². The minimum atomic E-state index is -0.162. The molecule has 1 aromatic carbocycles. The first kappa shape index (κ1) is 8.92. The third-order valence-corrected chi connectivity index (χ3v) is 3.20. The van der Waals surface area contributed by atoms with Crippen molar-refractivity contribution in [2.75, 3.05) is 13.1 Å². The summed E-state index contributed by atoms with van der Waals surface area (Å²) in [5, 5.41) is 4.36. The van der Waals surface area contributed by atoms with E-state index < -0.39 is 0 Å². The molecule has 78 valence electrons. The van der Waals surface area contributed by atoms with Crippen molar-refractivity contribution in [3.8, 4) is 0 Å². The van der Waals surface area contributed by atoms with Crippen molar-refractivity contribution >= 4 is 10.9 Å². The normalized spacial score (nSPS) is 21.3. The standard InChI is InChI=1S/C12H13FN2/c13-11-3-1-2-9-10(7-15-12(9)11)8-4-5-14-6-8/h1-3,7-8,14-15H,4-6H2. The maximum absolute atomic E-state index is 13.4. The molecule has 15 heavy (non-hydrogen) atoms. The second kappa shape index (κ2) is 3.35. The smallest absolute Gasteiger partial charge is 0.147 e. The van der Waals surface area contributed by atoms with E-state index in [0.29, 0.717) is 11.4 Å². The lowest BCUT2D eigenvalue weighted by molar-refractivity contribution is 0.637. The molecule has 1 saturated heterocycles. The highest BCUT2D eigenvalue weighted by molar-refractivity contribution is 5.84. The molecule has 0 radical (unpaired) electrons. The maximum atomic E-state index is 13.4. The van der Waals surface area contributed by atoms with Crippen molar-refractivity contribution in [1.29, 1.82) is 0 Å². The molecule has 3 rings (SSSR count). The number of aromatic amines is 1. The van der Waals surface area contributed by atoms with Gasteiger partial charge in [-0.15, -0.1) is 0 Å². The van der Waals surface area contributed by atoms with E-state index in [9.17, 15) is 4.39 Å². The summed E-state index contributed by atoms with van der Waals surface area (Å²) in [6.45, 7) is 2.07. The second-order valence-corrected chi connectivity index (χ2v) is 4.10. The number of fused-ring (bicyclic) bond motifs is 1. The number of para-hydroxylation sites is 1. The number of benzene rings is 1. The average Bonchev–Trinajstić information content (AvgIpc) is 2.85. The highest BCUT2D eigenvalue weighted by atomic mass is 19.1. The largest absolute Gasteiger partial charge is 0.359 e. The van der Waals surface area contributed by atoms with Gasteiger partial charge in [-0.2, -0.15) is 0 Å². The summed E-state index contributed by atoms with van der Waals surface area (Å²) in [6, 6.07) is 5.26. The third kappa shape index (κ3) is 1.35. The fourth-order valence-electron chi connectivity index (χ4n) is 2.40. The van der Waals surface area contributed by atoms with E-state index >= 15 is 0 Å². The van der Waals surface area contributed by atoms with E-state index in [1.807, 2.05) is 12.3 Å². The number of hydrogen-bond donors (Lipinski definition) is 2. The van der Waals surface area contributed by atoms with Crippen LogP contribution in [0.3, 0.4) is 0 Å². The predicted molar refractivity (Wildman–Crippen MR) is 58.5 cm³/mol. The molecule has 2 aromatic rings. The van der Waals surface area contributed by atoms with Crippen molar-refractivity contribution in [3.63, 3.8) is 0 Å². The molecule has 1 fully saturated rings. The van der Waals surface area contributed by atoms with E-state index in [0.717, 1.165) is 24.9 Å². The van der Waals surface area contributed by atoms with Crippen molar-refractivity contribution in [2.24, 2.45) is 0 Å². The zero-order valence-corrected chi connectivity index (χ0v) is 8.39. The lowest BCUT2D eigenvalue weighted by Gasteiger charge is -2.06. The zero-order chi connectivity index (χ0) is 10.3. The van der Waals surface area contributed by atoms with E-state index in [4.69, 9.17) is 0 Å². The van der Waals surface area contributed by atoms with Crippen LogP contribution in [0.25, 0.3) is 10.9 Å². The zero-order valence-electron chi connectivity index (χ0n) is 8.39. The molecule has 1 aromatic heterocycles. The highest BCUT2D eigenvalue weighted by Crippen LogP contribution is 2.30. The molecule has 1 aliphatic heterocycles. The average molecular weight is 204 g/mol. The fraction of sp³-hybridized carbons (Fsp3) is 0.333. The first-order valence-corrected chi connectivity index (χ1v) is 5.32. The SMILES string of the molecule is Fc1cccc2c(C3CCNC3)c[nH]c12. The summed E-state index contributed by atoms with van der Waals surface area (Å²) in [5.41, 5.74) is 1.88.